The van der Waals surface area contributed by atoms with Crippen LogP contribution in [0.4, 0.5) is 9.18 Å². The van der Waals surface area contributed by atoms with Crippen LogP contribution in [0.1, 0.15) is 58.9 Å². The van der Waals surface area contributed by atoms with Gasteiger partial charge < -0.3 is 14.2 Å². The Kier molecular flexibility index (Phi) is 8.26. The molecule has 0 aliphatic carbocycles. The largest absolute Gasteiger partial charge is 0.443 e. The molecule has 2 fully saturated rings. The summed E-state index contributed by atoms with van der Waals surface area (Å²) in [4.78, 5) is 28.0. The van der Waals surface area contributed by atoms with Crippen molar-refractivity contribution in [2.24, 2.45) is 5.41 Å². The maximum Gasteiger partial charge on any atom is 0.417 e. The van der Waals surface area contributed by atoms with Gasteiger partial charge in [0.2, 0.25) is 5.91 Å². The van der Waals surface area contributed by atoms with Crippen LogP contribution in [0.2, 0.25) is 5.02 Å². The molecule has 6 nitrogen and oxygen atoms in total. The number of imide groups is 1. The van der Waals surface area contributed by atoms with Crippen molar-refractivity contribution in [3.63, 3.8) is 0 Å². The van der Waals surface area contributed by atoms with Gasteiger partial charge in [-0.2, -0.15) is 0 Å². The predicted octanol–water partition coefficient (Wildman–Crippen LogP) is 6.77. The van der Waals surface area contributed by atoms with Gasteiger partial charge in [-0.05, 0) is 89.1 Å². The lowest BCUT2D eigenvalue weighted by Gasteiger charge is -2.29. The zero-order valence-electron chi connectivity index (χ0n) is 21.9. The number of halogens is 2. The van der Waals surface area contributed by atoms with Crippen LogP contribution in [0, 0.1) is 11.2 Å². The van der Waals surface area contributed by atoms with Crippen molar-refractivity contribution in [2.45, 2.75) is 77.7 Å². The molecule has 0 radical (unpaired) electrons. The molecule has 2 heterocycles. The van der Waals surface area contributed by atoms with Gasteiger partial charge in [-0.25, -0.2) is 14.1 Å². The number of amides is 2. The first-order valence-electron chi connectivity index (χ1n) is 12.8. The topological polar surface area (TPSA) is 65.1 Å². The fraction of sp³-hybridized carbons (Fsp3) is 0.517. The molecule has 2 saturated heterocycles. The monoisotopic (exact) mass is 531 g/mol. The molecule has 0 bridgehead atoms. The molecule has 3 atom stereocenters. The van der Waals surface area contributed by atoms with Crippen molar-refractivity contribution in [3.8, 4) is 11.1 Å². The Morgan fingerprint density at radius 2 is 1.92 bits per heavy atom. The molecule has 1 unspecified atom stereocenters. The Morgan fingerprint density at radius 1 is 1.19 bits per heavy atom. The smallest absolute Gasteiger partial charge is 0.417 e. The number of likely N-dealkylation sites (tertiary alicyclic amines) is 1. The highest BCUT2D eigenvalue weighted by Crippen LogP contribution is 2.39. The third-order valence-electron chi connectivity index (χ3n) is 6.77. The maximum absolute atomic E-state index is 14.3. The summed E-state index contributed by atoms with van der Waals surface area (Å²) in [6, 6.07) is 11.5. The van der Waals surface area contributed by atoms with Crippen LogP contribution < -0.4 is 0 Å². The molecule has 2 aliphatic rings. The van der Waals surface area contributed by atoms with Gasteiger partial charge in [0, 0.05) is 23.2 Å². The van der Waals surface area contributed by atoms with Crippen molar-refractivity contribution < 1.29 is 28.2 Å². The lowest BCUT2D eigenvalue weighted by molar-refractivity contribution is -0.179. The second kappa shape index (κ2) is 11.1. The number of nitrogens with zero attached hydrogens (tertiary/aromatic N) is 1. The molecule has 0 saturated carbocycles. The lowest BCUT2D eigenvalue weighted by atomic mass is 9.86. The molecule has 2 amide bonds. The number of rotatable bonds is 6. The van der Waals surface area contributed by atoms with Crippen molar-refractivity contribution in [3.05, 3.63) is 58.9 Å². The second-order valence-corrected chi connectivity index (χ2v) is 11.6. The van der Waals surface area contributed by atoms with E-state index in [0.29, 0.717) is 35.6 Å². The summed E-state index contributed by atoms with van der Waals surface area (Å²) < 4.78 is 31.6. The number of carbonyl (C=O) groups excluding carboxylic acids is 2. The van der Waals surface area contributed by atoms with E-state index in [1.54, 1.807) is 26.8 Å². The van der Waals surface area contributed by atoms with Crippen LogP contribution in [-0.4, -0.2) is 48.0 Å². The van der Waals surface area contributed by atoms with Gasteiger partial charge in [-0.15, -0.1) is 0 Å². The van der Waals surface area contributed by atoms with E-state index in [4.69, 9.17) is 25.8 Å². The molecule has 2 aliphatic heterocycles. The SMILES string of the molecule is CC(C)(C)OC(=O)N1C(=O)[C@](C)(COC2CCCCO2)C[C@H]1Cc1ccc(-c2cc(Cl)ccc2F)cc1. The summed E-state index contributed by atoms with van der Waals surface area (Å²) in [6.45, 7) is 7.97. The second-order valence-electron chi connectivity index (χ2n) is 11.2. The van der Waals surface area contributed by atoms with Crippen molar-refractivity contribution in [1.29, 1.82) is 0 Å². The summed E-state index contributed by atoms with van der Waals surface area (Å²) in [5, 5.41) is 0.457. The summed E-state index contributed by atoms with van der Waals surface area (Å²) >= 11 is 6.05. The molecule has 2 aromatic rings. The van der Waals surface area contributed by atoms with E-state index < -0.39 is 23.2 Å². The third kappa shape index (κ3) is 6.70. The Bertz CT molecular complexity index is 1130. The summed E-state index contributed by atoms with van der Waals surface area (Å²) in [7, 11) is 0. The first-order chi connectivity index (χ1) is 17.4. The van der Waals surface area contributed by atoms with Gasteiger partial charge in [-0.3, -0.25) is 4.79 Å². The number of ether oxygens (including phenoxy) is 3. The van der Waals surface area contributed by atoms with Crippen molar-refractivity contribution in [2.75, 3.05) is 13.2 Å². The fourth-order valence-corrected chi connectivity index (χ4v) is 5.09. The summed E-state index contributed by atoms with van der Waals surface area (Å²) in [6.07, 6.45) is 2.72. The first-order valence-corrected chi connectivity index (χ1v) is 13.2. The highest BCUT2D eigenvalue weighted by Gasteiger charge is 2.52. The molecule has 37 heavy (non-hydrogen) atoms. The Balaban J connectivity index is 1.53. The van der Waals surface area contributed by atoms with Crippen LogP contribution in [0.15, 0.2) is 42.5 Å². The van der Waals surface area contributed by atoms with Crippen LogP contribution in [0.3, 0.4) is 0 Å². The van der Waals surface area contributed by atoms with Crippen LogP contribution in [0.5, 0.6) is 0 Å². The fourth-order valence-electron chi connectivity index (χ4n) is 4.91. The van der Waals surface area contributed by atoms with Gasteiger partial charge in [0.05, 0.1) is 12.0 Å². The van der Waals surface area contributed by atoms with E-state index in [0.717, 1.165) is 24.8 Å². The van der Waals surface area contributed by atoms with E-state index in [9.17, 15) is 14.0 Å². The van der Waals surface area contributed by atoms with Crippen molar-refractivity contribution >= 4 is 23.6 Å². The Morgan fingerprint density at radius 3 is 2.57 bits per heavy atom. The van der Waals surface area contributed by atoms with E-state index in [1.165, 1.54) is 17.0 Å². The van der Waals surface area contributed by atoms with E-state index in [-0.39, 0.29) is 24.6 Å². The van der Waals surface area contributed by atoms with Crippen LogP contribution >= 0.6 is 11.6 Å². The Labute approximate surface area is 223 Å². The van der Waals surface area contributed by atoms with Crippen molar-refractivity contribution in [1.82, 2.24) is 4.90 Å². The first kappa shape index (κ1) is 27.6. The lowest BCUT2D eigenvalue weighted by Crippen LogP contribution is -2.45. The average Bonchev–Trinajstić information content (AvgIpc) is 3.09. The maximum atomic E-state index is 14.3. The Hall–Kier alpha value is -2.48. The highest BCUT2D eigenvalue weighted by atomic mass is 35.5. The number of hydrogen-bond acceptors (Lipinski definition) is 5. The molecular formula is C29H35ClFNO5. The van der Waals surface area contributed by atoms with E-state index >= 15 is 0 Å². The summed E-state index contributed by atoms with van der Waals surface area (Å²) in [5.41, 5.74) is 0.404. The van der Waals surface area contributed by atoms with Crippen LogP contribution in [-0.2, 0) is 25.4 Å². The minimum atomic E-state index is -0.883. The normalized spacial score (nSPS) is 24.4. The average molecular weight is 532 g/mol. The van der Waals surface area contributed by atoms with E-state index in [2.05, 4.69) is 0 Å². The zero-order chi connectivity index (χ0) is 26.8. The number of carbonyl (C=O) groups is 2. The highest BCUT2D eigenvalue weighted by molar-refractivity contribution is 6.30. The number of hydrogen-bond donors (Lipinski definition) is 0. The molecule has 0 aromatic heterocycles. The van der Waals surface area contributed by atoms with Crippen LogP contribution in [0.25, 0.3) is 11.1 Å². The molecule has 4 rings (SSSR count). The molecule has 200 valence electrons. The molecular weight excluding hydrogens is 497 g/mol. The summed E-state index contributed by atoms with van der Waals surface area (Å²) in [5.74, 6) is -0.660. The molecule has 0 spiro atoms. The zero-order valence-corrected chi connectivity index (χ0v) is 22.6. The van der Waals surface area contributed by atoms with Gasteiger partial charge in [0.1, 0.15) is 11.4 Å². The van der Waals surface area contributed by atoms with Gasteiger partial charge >= 0.3 is 6.09 Å². The quantitative estimate of drug-likeness (QED) is 0.411. The van der Waals surface area contributed by atoms with Gasteiger partial charge in [0.15, 0.2) is 6.29 Å². The molecule has 2 aromatic carbocycles. The third-order valence-corrected chi connectivity index (χ3v) is 7.00. The number of benzene rings is 2. The van der Waals surface area contributed by atoms with Gasteiger partial charge in [-0.1, -0.05) is 35.9 Å². The predicted molar refractivity (Wildman–Crippen MR) is 140 cm³/mol. The van der Waals surface area contributed by atoms with E-state index in [1.807, 2.05) is 31.2 Å². The molecule has 0 N–H and O–H groups in total. The minimum absolute atomic E-state index is 0.166. The van der Waals surface area contributed by atoms with Gasteiger partial charge in [0.25, 0.3) is 0 Å². The molecule has 8 heteroatoms. The minimum Gasteiger partial charge on any atom is -0.443 e. The standard InChI is InChI=1S/C29H35ClFNO5/c1-28(2,3)37-27(34)32-22(17-29(4,26(32)33)18-36-25-7-5-6-14-35-25)15-19-8-10-20(11-9-19)23-16-21(30)12-13-24(23)31/h8-13,16,22,25H,5-7,14-15,17-18H2,1-4H3/t22-,25?,29+/m1/s1.